The fraction of sp³-hybridized carbons (Fsp3) is 0.103. The molecule has 36 heavy (non-hydrogen) atoms. The number of halogens is 1. The van der Waals surface area contributed by atoms with E-state index in [0.29, 0.717) is 39.3 Å². The Morgan fingerprint density at radius 2 is 1.47 bits per heavy atom. The minimum Gasteiger partial charge on any atom is -0.493 e. The van der Waals surface area contributed by atoms with Crippen molar-refractivity contribution in [1.82, 2.24) is 5.43 Å². The zero-order valence-corrected chi connectivity index (χ0v) is 21.2. The first-order valence-electron chi connectivity index (χ1n) is 11.2. The Bertz CT molecular complexity index is 1290. The maximum atomic E-state index is 13.2. The molecule has 7 heteroatoms. The van der Waals surface area contributed by atoms with E-state index in [1.165, 1.54) is 6.21 Å². The Morgan fingerprint density at radius 3 is 2.03 bits per heavy atom. The second-order valence-corrected chi connectivity index (χ2v) is 8.79. The lowest BCUT2D eigenvalue weighted by atomic mass is 9.85. The molecule has 0 unspecified atom stereocenters. The summed E-state index contributed by atoms with van der Waals surface area (Å²) in [6.45, 7) is 0.394. The summed E-state index contributed by atoms with van der Waals surface area (Å²) in [5.41, 5.74) is 3.13. The van der Waals surface area contributed by atoms with Crippen molar-refractivity contribution in [2.45, 2.75) is 12.2 Å². The summed E-state index contributed by atoms with van der Waals surface area (Å²) in [6, 6.07) is 30.9. The van der Waals surface area contributed by atoms with Crippen molar-refractivity contribution in [3.05, 3.63) is 130 Å². The van der Waals surface area contributed by atoms with Gasteiger partial charge in [-0.05, 0) is 44.8 Å². The van der Waals surface area contributed by atoms with E-state index >= 15 is 0 Å². The zero-order chi connectivity index (χ0) is 25.4. The quantitative estimate of drug-likeness (QED) is 0.217. The topological polar surface area (TPSA) is 80.2 Å². The molecule has 0 saturated carbocycles. The lowest BCUT2D eigenvalue weighted by molar-refractivity contribution is -0.136. The number of hydrogen-bond donors (Lipinski definition) is 2. The Balaban J connectivity index is 1.53. The van der Waals surface area contributed by atoms with Crippen LogP contribution in [-0.2, 0) is 17.0 Å². The van der Waals surface area contributed by atoms with Crippen LogP contribution in [0, 0.1) is 0 Å². The summed E-state index contributed by atoms with van der Waals surface area (Å²) < 4.78 is 12.1. The van der Waals surface area contributed by atoms with Crippen LogP contribution in [0.2, 0.25) is 0 Å². The molecule has 0 radical (unpaired) electrons. The average Bonchev–Trinajstić information content (AvgIpc) is 2.93. The van der Waals surface area contributed by atoms with Gasteiger partial charge in [-0.1, -0.05) is 91.0 Å². The average molecular weight is 545 g/mol. The molecule has 0 saturated heterocycles. The van der Waals surface area contributed by atoms with Gasteiger partial charge in [0.15, 0.2) is 17.1 Å². The number of ether oxygens (including phenoxy) is 2. The van der Waals surface area contributed by atoms with Crippen LogP contribution in [-0.4, -0.2) is 24.3 Å². The van der Waals surface area contributed by atoms with E-state index in [-0.39, 0.29) is 0 Å². The lowest BCUT2D eigenvalue weighted by Crippen LogP contribution is -2.43. The standard InChI is InChI=1S/C29H25BrN2O4/c1-35-26-17-22(25(30)18-27(26)36-20-21-11-5-2-6-12-21)19-31-32-28(33)29(34,23-13-7-3-8-14-23)24-15-9-4-10-16-24/h2-19,34H,20H2,1H3,(H,32,33). The van der Waals surface area contributed by atoms with Gasteiger partial charge in [0.25, 0.3) is 5.91 Å². The van der Waals surface area contributed by atoms with Gasteiger partial charge in [0.05, 0.1) is 13.3 Å². The van der Waals surface area contributed by atoms with Crippen LogP contribution in [0.15, 0.2) is 113 Å². The van der Waals surface area contributed by atoms with E-state index < -0.39 is 11.5 Å². The maximum absolute atomic E-state index is 13.2. The largest absolute Gasteiger partial charge is 0.493 e. The molecule has 0 aliphatic heterocycles. The first-order chi connectivity index (χ1) is 17.5. The van der Waals surface area contributed by atoms with Crippen molar-refractivity contribution >= 4 is 28.1 Å². The smallest absolute Gasteiger partial charge is 0.281 e. The van der Waals surface area contributed by atoms with Gasteiger partial charge in [-0.25, -0.2) is 5.43 Å². The molecule has 6 nitrogen and oxygen atoms in total. The summed E-state index contributed by atoms with van der Waals surface area (Å²) in [5, 5.41) is 15.6. The first-order valence-corrected chi connectivity index (χ1v) is 12.0. The monoisotopic (exact) mass is 544 g/mol. The van der Waals surface area contributed by atoms with Crippen LogP contribution < -0.4 is 14.9 Å². The van der Waals surface area contributed by atoms with Gasteiger partial charge in [-0.15, -0.1) is 0 Å². The third kappa shape index (κ3) is 5.64. The van der Waals surface area contributed by atoms with E-state index in [0.717, 1.165) is 5.56 Å². The van der Waals surface area contributed by atoms with Crippen molar-refractivity contribution in [3.63, 3.8) is 0 Å². The Labute approximate surface area is 218 Å². The normalized spacial score (nSPS) is 11.3. The van der Waals surface area contributed by atoms with E-state index in [1.54, 1.807) is 67.8 Å². The number of rotatable bonds is 9. The number of benzene rings is 4. The molecule has 4 aromatic rings. The molecule has 0 aromatic heterocycles. The van der Waals surface area contributed by atoms with Gasteiger partial charge in [-0.2, -0.15) is 5.10 Å². The fourth-order valence-corrected chi connectivity index (χ4v) is 4.11. The number of hydrogen-bond acceptors (Lipinski definition) is 5. The van der Waals surface area contributed by atoms with E-state index in [4.69, 9.17) is 9.47 Å². The molecule has 1 amide bonds. The number of methoxy groups -OCH3 is 1. The molecule has 182 valence electrons. The van der Waals surface area contributed by atoms with Crippen LogP contribution in [0.25, 0.3) is 0 Å². The Morgan fingerprint density at radius 1 is 0.917 bits per heavy atom. The van der Waals surface area contributed by atoms with Crippen LogP contribution in [0.4, 0.5) is 0 Å². The number of nitrogens with zero attached hydrogens (tertiary/aromatic N) is 1. The number of amides is 1. The third-order valence-electron chi connectivity index (χ3n) is 5.60. The molecule has 4 rings (SSSR count). The highest BCUT2D eigenvalue weighted by Crippen LogP contribution is 2.34. The fourth-order valence-electron chi connectivity index (χ4n) is 3.69. The highest BCUT2D eigenvalue weighted by molar-refractivity contribution is 9.10. The molecule has 0 aliphatic rings. The van der Waals surface area contributed by atoms with Gasteiger partial charge >= 0.3 is 0 Å². The summed E-state index contributed by atoms with van der Waals surface area (Å²) in [6.07, 6.45) is 1.47. The number of carbonyl (C=O) groups excluding carboxylic acids is 1. The minimum atomic E-state index is -1.91. The second kappa shape index (κ2) is 11.7. The van der Waals surface area contributed by atoms with Crippen molar-refractivity contribution in [2.24, 2.45) is 5.10 Å². The predicted molar refractivity (Wildman–Crippen MR) is 143 cm³/mol. The van der Waals surface area contributed by atoms with Crippen LogP contribution in [0.1, 0.15) is 22.3 Å². The molecule has 0 aliphatic carbocycles. The van der Waals surface area contributed by atoms with Gasteiger partial charge < -0.3 is 14.6 Å². The molecule has 0 fully saturated rings. The van der Waals surface area contributed by atoms with Crippen LogP contribution in [0.3, 0.4) is 0 Å². The van der Waals surface area contributed by atoms with E-state index in [9.17, 15) is 9.90 Å². The minimum absolute atomic E-state index is 0.394. The van der Waals surface area contributed by atoms with Crippen molar-refractivity contribution < 1.29 is 19.4 Å². The molecular weight excluding hydrogens is 520 g/mol. The summed E-state index contributed by atoms with van der Waals surface area (Å²) in [5.74, 6) is 0.408. The lowest BCUT2D eigenvalue weighted by Gasteiger charge is -2.27. The second-order valence-electron chi connectivity index (χ2n) is 7.94. The highest BCUT2D eigenvalue weighted by atomic mass is 79.9. The van der Waals surface area contributed by atoms with Crippen LogP contribution in [0.5, 0.6) is 11.5 Å². The molecule has 0 atom stereocenters. The predicted octanol–water partition coefficient (Wildman–Crippen LogP) is 5.42. The summed E-state index contributed by atoms with van der Waals surface area (Å²) in [7, 11) is 1.56. The van der Waals surface area contributed by atoms with Gasteiger partial charge in [0.1, 0.15) is 6.61 Å². The van der Waals surface area contributed by atoms with Gasteiger partial charge in [-0.3, -0.25) is 4.79 Å². The number of hydrazone groups is 1. The SMILES string of the molecule is COc1cc(C=NNC(=O)C(O)(c2ccccc2)c2ccccc2)c(Br)cc1OCc1ccccc1. The van der Waals surface area contributed by atoms with Crippen LogP contribution >= 0.6 is 15.9 Å². The number of aliphatic hydroxyl groups is 1. The molecule has 0 spiro atoms. The van der Waals surface area contributed by atoms with Crippen molar-refractivity contribution in [2.75, 3.05) is 7.11 Å². The van der Waals surface area contributed by atoms with Crippen molar-refractivity contribution in [3.8, 4) is 11.5 Å². The Hall–Kier alpha value is -3.94. The maximum Gasteiger partial charge on any atom is 0.281 e. The van der Waals surface area contributed by atoms with E-state index in [2.05, 4.69) is 26.5 Å². The highest BCUT2D eigenvalue weighted by Gasteiger charge is 2.39. The molecule has 0 heterocycles. The molecular formula is C29H25BrN2O4. The van der Waals surface area contributed by atoms with Gasteiger partial charge in [0, 0.05) is 10.0 Å². The number of nitrogens with one attached hydrogen (secondary N) is 1. The Kier molecular flexibility index (Phi) is 8.15. The van der Waals surface area contributed by atoms with Crippen molar-refractivity contribution in [1.29, 1.82) is 0 Å². The number of carbonyl (C=O) groups is 1. The summed E-state index contributed by atoms with van der Waals surface area (Å²) >= 11 is 3.53. The summed E-state index contributed by atoms with van der Waals surface area (Å²) in [4.78, 5) is 13.2. The van der Waals surface area contributed by atoms with Gasteiger partial charge in [0.2, 0.25) is 0 Å². The molecule has 2 N–H and O–H groups in total. The third-order valence-corrected chi connectivity index (χ3v) is 6.29. The first kappa shape index (κ1) is 25.2. The zero-order valence-electron chi connectivity index (χ0n) is 19.6. The van der Waals surface area contributed by atoms with E-state index in [1.807, 2.05) is 42.5 Å². The molecule has 4 aromatic carbocycles. The molecule has 0 bridgehead atoms.